The van der Waals surface area contributed by atoms with Gasteiger partial charge in [0.15, 0.2) is 6.29 Å². The zero-order valence-electron chi connectivity index (χ0n) is 21.9. The molecule has 198 valence electrons. The van der Waals surface area contributed by atoms with Crippen molar-refractivity contribution in [1.82, 2.24) is 4.57 Å². The van der Waals surface area contributed by atoms with Crippen molar-refractivity contribution in [2.45, 2.75) is 12.1 Å². The largest absolute Gasteiger partial charge is 0.377 e. The number of carbonyl (C=O) groups excluding carboxylic acids is 1. The van der Waals surface area contributed by atoms with Gasteiger partial charge in [-0.05, 0) is 22.8 Å². The van der Waals surface area contributed by atoms with Crippen LogP contribution in [0.15, 0.2) is 121 Å². The third-order valence-electron chi connectivity index (χ3n) is 6.88. The smallest absolute Gasteiger partial charge is 0.152 e. The van der Waals surface area contributed by atoms with Gasteiger partial charge in [0.05, 0.1) is 33.0 Å². The Morgan fingerprint density at radius 1 is 0.590 bits per heavy atom. The molecule has 0 saturated carbocycles. The van der Waals surface area contributed by atoms with Gasteiger partial charge in [0.2, 0.25) is 0 Å². The summed E-state index contributed by atoms with van der Waals surface area (Å²) in [5.74, 6) is 0. The molecule has 0 N–H and O–H groups in total. The zero-order chi connectivity index (χ0) is 26.8. The van der Waals surface area contributed by atoms with Gasteiger partial charge in [-0.15, -0.1) is 0 Å². The lowest BCUT2D eigenvalue weighted by atomic mass is 9.80. The minimum atomic E-state index is -0.746. The fourth-order valence-corrected chi connectivity index (χ4v) is 5.06. The molecule has 0 radical (unpaired) electrons. The lowest BCUT2D eigenvalue weighted by molar-refractivity contribution is -0.0336. The van der Waals surface area contributed by atoms with E-state index < -0.39 is 5.60 Å². The summed E-state index contributed by atoms with van der Waals surface area (Å²) in [6.45, 7) is 3.04. The second-order valence-electron chi connectivity index (χ2n) is 9.27. The van der Waals surface area contributed by atoms with E-state index in [0.717, 1.165) is 33.9 Å². The number of benzene rings is 4. The summed E-state index contributed by atoms with van der Waals surface area (Å²) in [5, 5.41) is 0.966. The van der Waals surface area contributed by atoms with Crippen molar-refractivity contribution in [2.24, 2.45) is 0 Å². The summed E-state index contributed by atoms with van der Waals surface area (Å²) in [7, 11) is 0. The molecule has 5 nitrogen and oxygen atoms in total. The highest BCUT2D eigenvalue weighted by Gasteiger charge is 2.37. The average Bonchev–Trinajstić information content (AvgIpc) is 3.37. The summed E-state index contributed by atoms with van der Waals surface area (Å²) in [6.07, 6.45) is 2.78. The van der Waals surface area contributed by atoms with Crippen LogP contribution in [0.1, 0.15) is 27.0 Å². The quantitative estimate of drug-likeness (QED) is 0.0955. The number of hydrogen-bond donors (Lipinski definition) is 0. The minimum absolute atomic E-state index is 0.419. The molecule has 5 rings (SSSR count). The van der Waals surface area contributed by atoms with E-state index >= 15 is 0 Å². The van der Waals surface area contributed by atoms with Gasteiger partial charge >= 0.3 is 0 Å². The topological polar surface area (TPSA) is 49.7 Å². The molecular formula is C34H33NO4. The molecule has 0 amide bonds. The van der Waals surface area contributed by atoms with E-state index in [1.54, 1.807) is 0 Å². The first-order chi connectivity index (χ1) is 19.3. The van der Waals surface area contributed by atoms with Crippen LogP contribution in [-0.2, 0) is 26.4 Å². The highest BCUT2D eigenvalue weighted by molar-refractivity contribution is 5.97. The Morgan fingerprint density at radius 3 is 1.64 bits per heavy atom. The van der Waals surface area contributed by atoms with Crippen molar-refractivity contribution in [3.05, 3.63) is 144 Å². The van der Waals surface area contributed by atoms with Gasteiger partial charge < -0.3 is 18.8 Å². The second kappa shape index (κ2) is 13.2. The van der Waals surface area contributed by atoms with E-state index in [2.05, 4.69) is 41.0 Å². The number of hydrogen-bond acceptors (Lipinski definition) is 4. The third-order valence-corrected chi connectivity index (χ3v) is 6.88. The van der Waals surface area contributed by atoms with Crippen LogP contribution in [-0.4, -0.2) is 43.9 Å². The molecular weight excluding hydrogens is 486 g/mol. The van der Waals surface area contributed by atoms with Crippen LogP contribution in [0.25, 0.3) is 10.9 Å². The number of para-hydroxylation sites is 1. The molecule has 39 heavy (non-hydrogen) atoms. The molecule has 1 heterocycles. The van der Waals surface area contributed by atoms with Crippen LogP contribution >= 0.6 is 0 Å². The molecule has 5 aromatic rings. The number of ether oxygens (including phenoxy) is 3. The number of carbonyl (C=O) groups is 1. The van der Waals surface area contributed by atoms with Crippen molar-refractivity contribution < 1.29 is 19.0 Å². The minimum Gasteiger partial charge on any atom is -0.377 e. The lowest BCUT2D eigenvalue weighted by Crippen LogP contribution is -2.34. The van der Waals surface area contributed by atoms with Gasteiger partial charge in [0.1, 0.15) is 5.60 Å². The highest BCUT2D eigenvalue weighted by Crippen LogP contribution is 2.40. The van der Waals surface area contributed by atoms with E-state index in [1.807, 2.05) is 85.1 Å². The van der Waals surface area contributed by atoms with Gasteiger partial charge in [0, 0.05) is 29.2 Å². The fraction of sp³-hybridized carbons (Fsp3) is 0.206. The number of aromatic nitrogens is 1. The van der Waals surface area contributed by atoms with E-state index in [0.29, 0.717) is 45.1 Å². The number of rotatable bonds is 14. The molecule has 0 aliphatic carbocycles. The fourth-order valence-electron chi connectivity index (χ4n) is 5.06. The Bertz CT molecular complexity index is 1350. The molecule has 0 saturated heterocycles. The first kappa shape index (κ1) is 26.6. The van der Waals surface area contributed by atoms with Crippen LogP contribution in [0.2, 0.25) is 0 Å². The Hall–Kier alpha value is -4.03. The monoisotopic (exact) mass is 519 g/mol. The third kappa shape index (κ3) is 6.02. The van der Waals surface area contributed by atoms with Crippen LogP contribution in [0, 0.1) is 0 Å². The average molecular weight is 520 g/mol. The van der Waals surface area contributed by atoms with Crippen LogP contribution in [0.4, 0.5) is 0 Å². The van der Waals surface area contributed by atoms with E-state index in [-0.39, 0.29) is 0 Å². The SMILES string of the molecule is O=Cc1cn(CCOCCOCCOC(c2ccccc2)(c2ccccc2)c2ccccc2)c2ccccc12. The van der Waals surface area contributed by atoms with Crippen molar-refractivity contribution in [3.63, 3.8) is 0 Å². The molecule has 0 atom stereocenters. The van der Waals surface area contributed by atoms with E-state index in [4.69, 9.17) is 14.2 Å². The molecule has 0 aliphatic rings. The standard InChI is InChI=1S/C34H33NO4/c36-27-28-26-35(33-19-11-10-18-32(28)33)20-21-37-22-23-38-24-25-39-34(29-12-4-1-5-13-29,30-14-6-2-7-15-30)31-16-8-3-9-17-31/h1-19,26-27H,20-25H2. The number of aldehydes is 1. The molecule has 4 aromatic carbocycles. The summed E-state index contributed by atoms with van der Waals surface area (Å²) in [6, 6.07) is 38.9. The summed E-state index contributed by atoms with van der Waals surface area (Å²) < 4.78 is 20.5. The van der Waals surface area contributed by atoms with Crippen molar-refractivity contribution in [1.29, 1.82) is 0 Å². The van der Waals surface area contributed by atoms with Gasteiger partial charge in [-0.1, -0.05) is 109 Å². The second-order valence-corrected chi connectivity index (χ2v) is 9.27. The predicted molar refractivity (Wildman–Crippen MR) is 154 cm³/mol. The summed E-state index contributed by atoms with van der Waals surface area (Å²) in [5.41, 5.74) is 4.20. The first-order valence-electron chi connectivity index (χ1n) is 13.3. The maximum Gasteiger partial charge on any atom is 0.152 e. The van der Waals surface area contributed by atoms with Crippen LogP contribution in [0.3, 0.4) is 0 Å². The van der Waals surface area contributed by atoms with Crippen molar-refractivity contribution in [3.8, 4) is 0 Å². The van der Waals surface area contributed by atoms with Gasteiger partial charge in [0.25, 0.3) is 0 Å². The van der Waals surface area contributed by atoms with Crippen molar-refractivity contribution in [2.75, 3.05) is 33.0 Å². The number of fused-ring (bicyclic) bond motifs is 1. The first-order valence-corrected chi connectivity index (χ1v) is 13.3. The van der Waals surface area contributed by atoms with Crippen LogP contribution < -0.4 is 0 Å². The molecule has 0 spiro atoms. The van der Waals surface area contributed by atoms with Gasteiger partial charge in [-0.25, -0.2) is 0 Å². The predicted octanol–water partition coefficient (Wildman–Crippen LogP) is 6.50. The zero-order valence-corrected chi connectivity index (χ0v) is 21.9. The Labute approximate surface area is 229 Å². The maximum absolute atomic E-state index is 11.4. The van der Waals surface area contributed by atoms with Crippen molar-refractivity contribution >= 4 is 17.2 Å². The maximum atomic E-state index is 11.4. The molecule has 0 unspecified atom stereocenters. The lowest BCUT2D eigenvalue weighted by Gasteiger charge is -2.36. The molecule has 0 bridgehead atoms. The highest BCUT2D eigenvalue weighted by atomic mass is 16.5. The Kier molecular flexibility index (Phi) is 8.97. The molecule has 0 fully saturated rings. The van der Waals surface area contributed by atoms with Crippen LogP contribution in [0.5, 0.6) is 0 Å². The van der Waals surface area contributed by atoms with E-state index in [9.17, 15) is 4.79 Å². The molecule has 5 heteroatoms. The summed E-state index contributed by atoms with van der Waals surface area (Å²) >= 11 is 0. The number of nitrogens with zero attached hydrogens (tertiary/aromatic N) is 1. The molecule has 1 aromatic heterocycles. The van der Waals surface area contributed by atoms with Gasteiger partial charge in [-0.2, -0.15) is 0 Å². The van der Waals surface area contributed by atoms with Gasteiger partial charge in [-0.3, -0.25) is 4.79 Å². The Morgan fingerprint density at radius 2 is 1.08 bits per heavy atom. The van der Waals surface area contributed by atoms with E-state index in [1.165, 1.54) is 0 Å². The summed E-state index contributed by atoms with van der Waals surface area (Å²) in [4.78, 5) is 11.4. The Balaban J connectivity index is 1.16. The molecule has 0 aliphatic heterocycles. The normalized spacial score (nSPS) is 11.6.